The van der Waals surface area contributed by atoms with Gasteiger partial charge in [-0.25, -0.2) is 4.79 Å². The number of carbonyl (C=O) groups is 2. The van der Waals surface area contributed by atoms with E-state index in [4.69, 9.17) is 10.2 Å². The number of phenolic OH excluding ortho intramolecular Hbond substituents is 2. The Bertz CT molecular complexity index is 595. The van der Waals surface area contributed by atoms with Crippen LogP contribution in [0.5, 0.6) is 11.5 Å². The molecule has 0 aliphatic rings. The molecule has 120 valence electrons. The van der Waals surface area contributed by atoms with E-state index < -0.39 is 30.1 Å². The second kappa shape index (κ2) is 6.92. The molecule has 1 aromatic rings. The number of aromatic hydroxyl groups is 2. The Morgan fingerprint density at radius 2 is 1.95 bits per heavy atom. The van der Waals surface area contributed by atoms with E-state index in [9.17, 15) is 24.9 Å². The van der Waals surface area contributed by atoms with E-state index in [-0.39, 0.29) is 11.5 Å². The van der Waals surface area contributed by atoms with Gasteiger partial charge in [0.2, 0.25) is 5.91 Å². The SMILES string of the molecule is C[C@@](O)(C(=O)O)[C@H](O)CNC(=O)C=Cc1ccc(O)c(O)c1. The molecule has 0 bridgehead atoms. The molecule has 1 aromatic carbocycles. The quantitative estimate of drug-likeness (QED) is 0.304. The Kier molecular flexibility index (Phi) is 5.50. The second-order valence-corrected chi connectivity index (χ2v) is 4.80. The molecule has 0 spiro atoms. The maximum absolute atomic E-state index is 11.5. The van der Waals surface area contributed by atoms with E-state index >= 15 is 0 Å². The normalized spacial score (nSPS) is 15.2. The molecule has 0 aromatic heterocycles. The van der Waals surface area contributed by atoms with Gasteiger partial charge in [-0.3, -0.25) is 4.79 Å². The monoisotopic (exact) mass is 311 g/mol. The van der Waals surface area contributed by atoms with Crippen molar-refractivity contribution in [1.82, 2.24) is 5.32 Å². The van der Waals surface area contributed by atoms with Crippen LogP contribution in [-0.4, -0.2) is 55.7 Å². The number of nitrogens with one attached hydrogen (secondary N) is 1. The van der Waals surface area contributed by atoms with Gasteiger partial charge >= 0.3 is 5.97 Å². The number of hydrogen-bond donors (Lipinski definition) is 6. The topological polar surface area (TPSA) is 147 Å². The molecule has 6 N–H and O–H groups in total. The Labute approximate surface area is 126 Å². The highest BCUT2D eigenvalue weighted by atomic mass is 16.4. The highest BCUT2D eigenvalue weighted by Gasteiger charge is 2.38. The van der Waals surface area contributed by atoms with Crippen molar-refractivity contribution in [3.63, 3.8) is 0 Å². The lowest BCUT2D eigenvalue weighted by Crippen LogP contribution is -2.51. The molecule has 2 atom stereocenters. The molecule has 0 aliphatic carbocycles. The van der Waals surface area contributed by atoms with Crippen molar-refractivity contribution >= 4 is 18.0 Å². The zero-order chi connectivity index (χ0) is 16.9. The Morgan fingerprint density at radius 3 is 2.50 bits per heavy atom. The van der Waals surface area contributed by atoms with Gasteiger partial charge in [0.1, 0.15) is 6.10 Å². The van der Waals surface area contributed by atoms with Crippen LogP contribution in [0.25, 0.3) is 6.08 Å². The number of carboxylic acid groups (broad SMARTS) is 1. The first-order chi connectivity index (χ1) is 10.1. The summed E-state index contributed by atoms with van der Waals surface area (Å²) in [6.07, 6.45) is 0.754. The van der Waals surface area contributed by atoms with Gasteiger partial charge in [-0.1, -0.05) is 6.07 Å². The first kappa shape index (κ1) is 17.5. The Balaban J connectivity index is 2.58. The van der Waals surface area contributed by atoms with Gasteiger partial charge in [0.25, 0.3) is 0 Å². The van der Waals surface area contributed by atoms with E-state index in [2.05, 4.69) is 5.32 Å². The van der Waals surface area contributed by atoms with Gasteiger partial charge in [0.05, 0.1) is 0 Å². The molecule has 0 heterocycles. The second-order valence-electron chi connectivity index (χ2n) is 4.80. The number of carboxylic acids is 1. The molecule has 0 unspecified atom stereocenters. The van der Waals surface area contributed by atoms with Crippen molar-refractivity contribution < 1.29 is 35.1 Å². The lowest BCUT2D eigenvalue weighted by molar-refractivity contribution is -0.168. The minimum absolute atomic E-state index is 0.291. The first-order valence-electron chi connectivity index (χ1n) is 6.26. The third kappa shape index (κ3) is 4.47. The standard InChI is InChI=1S/C14H17NO7/c1-14(22,13(20)21)11(18)7-15-12(19)5-3-8-2-4-9(16)10(17)6-8/h2-6,11,16-18,22H,7H2,1H3,(H,15,19)(H,20,21)/t11-,14+/m1/s1. The summed E-state index contributed by atoms with van der Waals surface area (Å²) in [5.74, 6) is -2.87. The zero-order valence-electron chi connectivity index (χ0n) is 11.7. The smallest absolute Gasteiger partial charge is 0.338 e. The van der Waals surface area contributed by atoms with Gasteiger partial charge < -0.3 is 30.8 Å². The highest BCUT2D eigenvalue weighted by Crippen LogP contribution is 2.25. The minimum Gasteiger partial charge on any atom is -0.504 e. The number of aliphatic hydroxyl groups excluding tert-OH is 1. The van der Waals surface area contributed by atoms with Crippen LogP contribution in [0.1, 0.15) is 12.5 Å². The maximum Gasteiger partial charge on any atom is 0.338 e. The molecule has 0 saturated heterocycles. The molecule has 22 heavy (non-hydrogen) atoms. The fourth-order valence-corrected chi connectivity index (χ4v) is 1.41. The molecule has 0 aliphatic heterocycles. The lowest BCUT2D eigenvalue weighted by atomic mass is 9.99. The molecule has 8 nitrogen and oxygen atoms in total. The fourth-order valence-electron chi connectivity index (χ4n) is 1.41. The first-order valence-corrected chi connectivity index (χ1v) is 6.26. The average molecular weight is 311 g/mol. The molecule has 0 radical (unpaired) electrons. The van der Waals surface area contributed by atoms with Gasteiger partial charge in [0.15, 0.2) is 17.1 Å². The number of hydrogen-bond acceptors (Lipinski definition) is 6. The number of carbonyl (C=O) groups excluding carboxylic acids is 1. The molecular weight excluding hydrogens is 294 g/mol. The zero-order valence-corrected chi connectivity index (χ0v) is 11.7. The van der Waals surface area contributed by atoms with Crippen LogP contribution < -0.4 is 5.32 Å². The Morgan fingerprint density at radius 1 is 1.32 bits per heavy atom. The van der Waals surface area contributed by atoms with Crippen molar-refractivity contribution in [2.24, 2.45) is 0 Å². The summed E-state index contributed by atoms with van der Waals surface area (Å²) >= 11 is 0. The fraction of sp³-hybridized carbons (Fsp3) is 0.286. The van der Waals surface area contributed by atoms with Crippen LogP contribution in [0.2, 0.25) is 0 Å². The summed E-state index contributed by atoms with van der Waals surface area (Å²) in [6.45, 7) is 0.463. The third-order valence-corrected chi connectivity index (χ3v) is 2.98. The summed E-state index contributed by atoms with van der Waals surface area (Å²) in [6, 6.07) is 3.95. The summed E-state index contributed by atoms with van der Waals surface area (Å²) < 4.78 is 0. The molecule has 0 saturated carbocycles. The number of rotatable bonds is 6. The summed E-state index contributed by atoms with van der Waals surface area (Å²) in [4.78, 5) is 22.2. The molecule has 1 rings (SSSR count). The molecular formula is C14H17NO7. The largest absolute Gasteiger partial charge is 0.504 e. The van der Waals surface area contributed by atoms with Crippen LogP contribution in [-0.2, 0) is 9.59 Å². The van der Waals surface area contributed by atoms with E-state index in [1.165, 1.54) is 24.3 Å². The van der Waals surface area contributed by atoms with Crippen LogP contribution >= 0.6 is 0 Å². The average Bonchev–Trinajstić information content (AvgIpc) is 2.45. The van der Waals surface area contributed by atoms with E-state index in [1.54, 1.807) is 0 Å². The predicted molar refractivity (Wildman–Crippen MR) is 76.1 cm³/mol. The summed E-state index contributed by atoms with van der Waals surface area (Å²) in [5.41, 5.74) is -1.93. The van der Waals surface area contributed by atoms with Gasteiger partial charge in [-0.15, -0.1) is 0 Å². The highest BCUT2D eigenvalue weighted by molar-refractivity contribution is 5.91. The van der Waals surface area contributed by atoms with Crippen LogP contribution in [0.15, 0.2) is 24.3 Å². The van der Waals surface area contributed by atoms with E-state index in [1.807, 2.05) is 0 Å². The van der Waals surface area contributed by atoms with E-state index in [0.29, 0.717) is 5.56 Å². The summed E-state index contributed by atoms with van der Waals surface area (Å²) in [7, 11) is 0. The number of amides is 1. The van der Waals surface area contributed by atoms with E-state index in [0.717, 1.165) is 13.0 Å². The van der Waals surface area contributed by atoms with Crippen molar-refractivity contribution in [3.05, 3.63) is 29.8 Å². The number of phenols is 2. The number of aliphatic carboxylic acids is 1. The lowest BCUT2D eigenvalue weighted by Gasteiger charge is -2.24. The van der Waals surface area contributed by atoms with Crippen molar-refractivity contribution in [2.75, 3.05) is 6.54 Å². The molecule has 1 amide bonds. The molecule has 8 heteroatoms. The predicted octanol–water partition coefficient (Wildman–Crippen LogP) is -0.576. The number of aliphatic hydroxyl groups is 2. The van der Waals surface area contributed by atoms with Crippen molar-refractivity contribution in [3.8, 4) is 11.5 Å². The van der Waals surface area contributed by atoms with Gasteiger partial charge in [0, 0.05) is 12.6 Å². The van der Waals surface area contributed by atoms with Crippen LogP contribution in [0.4, 0.5) is 0 Å². The van der Waals surface area contributed by atoms with Crippen LogP contribution in [0.3, 0.4) is 0 Å². The third-order valence-electron chi connectivity index (χ3n) is 2.98. The van der Waals surface area contributed by atoms with Crippen molar-refractivity contribution in [1.29, 1.82) is 0 Å². The minimum atomic E-state index is -2.38. The number of benzene rings is 1. The molecule has 0 fully saturated rings. The van der Waals surface area contributed by atoms with Crippen molar-refractivity contribution in [2.45, 2.75) is 18.6 Å². The van der Waals surface area contributed by atoms with Crippen LogP contribution in [0, 0.1) is 0 Å². The van der Waals surface area contributed by atoms with Gasteiger partial charge in [-0.2, -0.15) is 0 Å². The Hall–Kier alpha value is -2.58. The maximum atomic E-state index is 11.5. The summed E-state index contributed by atoms with van der Waals surface area (Å²) in [5, 5.41) is 48.3. The van der Waals surface area contributed by atoms with Gasteiger partial charge in [-0.05, 0) is 30.7 Å².